The molecule has 0 bridgehead atoms. The van der Waals surface area contributed by atoms with Gasteiger partial charge in [0.1, 0.15) is 6.10 Å². The van der Waals surface area contributed by atoms with Crippen LogP contribution < -0.4 is 0 Å². The highest BCUT2D eigenvalue weighted by molar-refractivity contribution is 6.06. The fraction of sp³-hybridized carbons (Fsp3) is 0.676. The Hall–Kier alpha value is -2.32. The average Bonchev–Trinajstić information content (AvgIpc) is 3.49. The Labute approximate surface area is 259 Å². The highest BCUT2D eigenvalue weighted by atomic mass is 16.5. The third-order valence-corrected chi connectivity index (χ3v) is 13.6. The summed E-state index contributed by atoms with van der Waals surface area (Å²) in [6.07, 6.45) is 4.80. The summed E-state index contributed by atoms with van der Waals surface area (Å²) in [6, 6.07) is 4.10. The minimum absolute atomic E-state index is 0.106. The van der Waals surface area contributed by atoms with E-state index in [4.69, 9.17) is 9.47 Å². The van der Waals surface area contributed by atoms with Crippen LogP contribution in [-0.4, -0.2) is 61.4 Å². The number of H-pyrrole nitrogens is 1. The second-order valence-corrected chi connectivity index (χ2v) is 17.0. The molecule has 3 N–H and O–H groups in total. The lowest BCUT2D eigenvalue weighted by Gasteiger charge is -2.64. The van der Waals surface area contributed by atoms with Crippen LogP contribution in [-0.2, 0) is 32.5 Å². The molecule has 4 aliphatic carbocycles. The van der Waals surface area contributed by atoms with Crippen molar-refractivity contribution in [2.45, 2.75) is 134 Å². The zero-order valence-corrected chi connectivity index (χ0v) is 27.4. The number of Topliss-reactive ketones (excluding diaryl/α,β-unsaturated/α-hetero) is 1. The summed E-state index contributed by atoms with van der Waals surface area (Å²) in [5.41, 5.74) is 1.87. The van der Waals surface area contributed by atoms with E-state index in [-0.39, 0.29) is 28.8 Å². The minimum Gasteiger partial charge on any atom is -0.387 e. The molecule has 2 saturated carbocycles. The van der Waals surface area contributed by atoms with Gasteiger partial charge < -0.3 is 24.7 Å². The summed E-state index contributed by atoms with van der Waals surface area (Å²) in [5, 5.41) is 24.6. The Morgan fingerprint density at radius 1 is 0.955 bits per heavy atom. The van der Waals surface area contributed by atoms with Gasteiger partial charge in [-0.05, 0) is 121 Å². The average molecular weight is 602 g/mol. The first-order chi connectivity index (χ1) is 20.3. The van der Waals surface area contributed by atoms with Crippen molar-refractivity contribution in [1.82, 2.24) is 4.98 Å². The minimum atomic E-state index is -1.30. The van der Waals surface area contributed by atoms with E-state index in [1.807, 2.05) is 6.07 Å². The zero-order valence-electron chi connectivity index (χ0n) is 27.4. The molecule has 7 heteroatoms. The predicted octanol–water partition coefficient (Wildman–Crippen LogP) is 5.52. The van der Waals surface area contributed by atoms with Crippen LogP contribution in [0.25, 0.3) is 10.9 Å². The van der Waals surface area contributed by atoms with Crippen molar-refractivity contribution in [2.75, 3.05) is 0 Å². The lowest BCUT2D eigenvalue weighted by Crippen LogP contribution is -2.68. The number of benzene rings is 1. The van der Waals surface area contributed by atoms with Gasteiger partial charge in [0.15, 0.2) is 11.6 Å². The SMILES string of the molecule is CC(C)(O)[C@H]1O[C@H]2CC[C@@]3(C)[C@@](O)(CC[C@H]4Cc5c([nH]c6ccc7c(c56)C[C@@H]5[C@@H](C7=O)C(C)(C)OC5(C)C)[C@@]43C)C2=CC1=O. The first-order valence-corrected chi connectivity index (χ1v) is 16.6. The van der Waals surface area contributed by atoms with E-state index in [0.717, 1.165) is 42.3 Å². The Kier molecular flexibility index (Phi) is 5.51. The van der Waals surface area contributed by atoms with Gasteiger partial charge in [-0.3, -0.25) is 9.59 Å². The third-order valence-electron chi connectivity index (χ3n) is 13.6. The second kappa shape index (κ2) is 8.33. The predicted molar refractivity (Wildman–Crippen MR) is 167 cm³/mol. The van der Waals surface area contributed by atoms with E-state index in [9.17, 15) is 19.8 Å². The monoisotopic (exact) mass is 601 g/mol. The number of fused-ring (bicyclic) bond motifs is 12. The first-order valence-electron chi connectivity index (χ1n) is 16.6. The summed E-state index contributed by atoms with van der Waals surface area (Å²) in [4.78, 5) is 31.2. The van der Waals surface area contributed by atoms with Crippen molar-refractivity contribution in [2.24, 2.45) is 23.2 Å². The van der Waals surface area contributed by atoms with Crippen LogP contribution >= 0.6 is 0 Å². The molecule has 6 aliphatic rings. The molecule has 3 fully saturated rings. The van der Waals surface area contributed by atoms with Crippen molar-refractivity contribution in [3.05, 3.63) is 46.2 Å². The maximum atomic E-state index is 14.1. The summed E-state index contributed by atoms with van der Waals surface area (Å²) in [5.74, 6) is 0.192. The smallest absolute Gasteiger partial charge is 0.187 e. The lowest BCUT2D eigenvalue weighted by atomic mass is 9.42. The van der Waals surface area contributed by atoms with Crippen LogP contribution in [0.1, 0.15) is 108 Å². The number of aromatic amines is 1. The molecule has 1 aromatic heterocycles. The molecule has 0 unspecified atom stereocenters. The van der Waals surface area contributed by atoms with Gasteiger partial charge in [-0.2, -0.15) is 0 Å². The van der Waals surface area contributed by atoms with Gasteiger partial charge in [-0.1, -0.05) is 13.8 Å². The fourth-order valence-corrected chi connectivity index (χ4v) is 11.4. The molecule has 0 spiro atoms. The molecule has 2 aliphatic heterocycles. The number of carbonyl (C=O) groups excluding carboxylic acids is 2. The topological polar surface area (TPSA) is 109 Å². The molecule has 0 radical (unpaired) electrons. The molecular formula is C37H47NO6. The summed E-state index contributed by atoms with van der Waals surface area (Å²) >= 11 is 0. The van der Waals surface area contributed by atoms with Crippen molar-refractivity contribution < 1.29 is 29.3 Å². The number of ether oxygens (including phenoxy) is 2. The van der Waals surface area contributed by atoms with E-state index < -0.39 is 40.0 Å². The number of ketones is 2. The molecule has 44 heavy (non-hydrogen) atoms. The Morgan fingerprint density at radius 3 is 2.39 bits per heavy atom. The van der Waals surface area contributed by atoms with Gasteiger partial charge in [-0.15, -0.1) is 0 Å². The standard InChI is InChI=1S/C37H47NO6/c1-32(2,41)31-25(39)17-22-26(43-31)12-13-35(7)36(8)18(11-14-37(22,35)42)15-21-27-20-16-23-28(34(5,6)44-33(23,3)4)29(40)19(20)9-10-24(27)38-30(21)36/h9-10,17-18,23,26,28,31,38,41-42H,11-16H2,1-8H3/t18-,23+,26-,28-,31-,35+,36+,37+/m0/s1. The number of aliphatic hydroxyl groups is 2. The van der Waals surface area contributed by atoms with E-state index >= 15 is 0 Å². The lowest BCUT2D eigenvalue weighted by molar-refractivity contribution is -0.195. The van der Waals surface area contributed by atoms with Crippen molar-refractivity contribution in [3.8, 4) is 0 Å². The number of carbonyl (C=O) groups is 2. The van der Waals surface area contributed by atoms with E-state index in [1.54, 1.807) is 19.9 Å². The summed E-state index contributed by atoms with van der Waals surface area (Å²) in [6.45, 7) is 16.1. The zero-order chi connectivity index (χ0) is 31.6. The van der Waals surface area contributed by atoms with Crippen LogP contribution in [0.4, 0.5) is 0 Å². The summed E-state index contributed by atoms with van der Waals surface area (Å²) in [7, 11) is 0. The third kappa shape index (κ3) is 3.27. The van der Waals surface area contributed by atoms with E-state index in [2.05, 4.69) is 52.6 Å². The van der Waals surface area contributed by atoms with Crippen LogP contribution in [0.2, 0.25) is 0 Å². The maximum Gasteiger partial charge on any atom is 0.187 e. The van der Waals surface area contributed by atoms with Crippen LogP contribution in [0.5, 0.6) is 0 Å². The molecule has 1 saturated heterocycles. The van der Waals surface area contributed by atoms with Gasteiger partial charge in [0.2, 0.25) is 0 Å². The molecule has 3 heterocycles. The highest BCUT2D eigenvalue weighted by Gasteiger charge is 2.70. The maximum absolute atomic E-state index is 14.1. The quantitative estimate of drug-likeness (QED) is 0.398. The van der Waals surface area contributed by atoms with Gasteiger partial charge >= 0.3 is 0 Å². The van der Waals surface area contributed by atoms with Crippen LogP contribution in [0, 0.1) is 23.2 Å². The van der Waals surface area contributed by atoms with Gasteiger partial charge in [0.05, 0.1) is 34.4 Å². The Morgan fingerprint density at radius 2 is 1.68 bits per heavy atom. The molecule has 236 valence electrons. The molecule has 2 aromatic rings. The number of aromatic nitrogens is 1. The summed E-state index contributed by atoms with van der Waals surface area (Å²) < 4.78 is 12.8. The molecule has 8 atom stereocenters. The van der Waals surface area contributed by atoms with Crippen LogP contribution in [0.3, 0.4) is 0 Å². The van der Waals surface area contributed by atoms with Gasteiger partial charge in [-0.25, -0.2) is 0 Å². The van der Waals surface area contributed by atoms with E-state index in [1.165, 1.54) is 16.6 Å². The van der Waals surface area contributed by atoms with E-state index in [0.29, 0.717) is 24.3 Å². The fourth-order valence-electron chi connectivity index (χ4n) is 11.4. The van der Waals surface area contributed by atoms with Crippen molar-refractivity contribution in [3.63, 3.8) is 0 Å². The molecule has 8 rings (SSSR count). The number of nitrogens with one attached hydrogen (secondary N) is 1. The molecule has 7 nitrogen and oxygen atoms in total. The normalized spacial score (nSPS) is 41.8. The molecular weight excluding hydrogens is 554 g/mol. The first kappa shape index (κ1) is 29.1. The van der Waals surface area contributed by atoms with Crippen molar-refractivity contribution >= 4 is 22.5 Å². The Bertz CT molecular complexity index is 1690. The van der Waals surface area contributed by atoms with Gasteiger partial charge in [0.25, 0.3) is 0 Å². The van der Waals surface area contributed by atoms with Crippen LogP contribution in [0.15, 0.2) is 23.8 Å². The van der Waals surface area contributed by atoms with Gasteiger partial charge in [0, 0.05) is 38.9 Å². The number of hydrogen-bond acceptors (Lipinski definition) is 6. The molecule has 0 amide bonds. The van der Waals surface area contributed by atoms with Crippen molar-refractivity contribution in [1.29, 1.82) is 0 Å². The largest absolute Gasteiger partial charge is 0.387 e. The highest BCUT2D eigenvalue weighted by Crippen LogP contribution is 2.69. The molecule has 1 aromatic carbocycles. The second-order valence-electron chi connectivity index (χ2n) is 17.0. The Balaban J connectivity index is 1.26. The number of hydrogen-bond donors (Lipinski definition) is 3. The number of rotatable bonds is 1.